The standard InChI is InChI=1S/C55H97NO7/c1-6-8-10-12-14-16-18-20-22-24-26-27-28-30-31-33-35-37-39-41-43-45-53(57)62-50-51(49-61-48-47-52(55(59)60)56(3,4)5)63-54(58)46-44-42-40-38-36-34-32-29-25-23-21-19-17-15-13-11-9-7-2/h14,16,20,22,26-27,29-32,51-52H,6-13,15,17-19,21,23-25,28,33-50H2,1-5H3/p+1/b16-14+,22-20+,27-26+,31-30+,32-29+. The number of unbranched alkanes of at least 4 members (excludes halogenated alkanes) is 22. The summed E-state index contributed by atoms with van der Waals surface area (Å²) in [5.41, 5.74) is 0. The molecular formula is C55H98NO7+. The van der Waals surface area contributed by atoms with Gasteiger partial charge in [-0.15, -0.1) is 0 Å². The molecule has 0 fully saturated rings. The smallest absolute Gasteiger partial charge is 0.362 e. The van der Waals surface area contributed by atoms with Crippen LogP contribution in [0.5, 0.6) is 0 Å². The van der Waals surface area contributed by atoms with Crippen molar-refractivity contribution in [2.75, 3.05) is 41.0 Å². The highest BCUT2D eigenvalue weighted by Crippen LogP contribution is 2.14. The molecule has 0 aliphatic heterocycles. The molecule has 0 aliphatic rings. The highest BCUT2D eigenvalue weighted by atomic mass is 16.6. The summed E-state index contributed by atoms with van der Waals surface area (Å²) < 4.78 is 17.3. The number of carbonyl (C=O) groups is 3. The maximum Gasteiger partial charge on any atom is 0.362 e. The van der Waals surface area contributed by atoms with Gasteiger partial charge in [0.2, 0.25) is 0 Å². The zero-order valence-electron chi connectivity index (χ0n) is 41.5. The van der Waals surface area contributed by atoms with Crippen molar-refractivity contribution in [2.45, 2.75) is 231 Å². The van der Waals surface area contributed by atoms with Crippen molar-refractivity contribution in [3.05, 3.63) is 60.8 Å². The Morgan fingerprint density at radius 1 is 0.476 bits per heavy atom. The SMILES string of the molecule is CCCCC/C=C/C/C=C/C/C=C/C/C=C/CCCCCCCC(=O)OCC(COCCC(C(=O)O)[N+](C)(C)C)OC(=O)CCCCCCC/C=C/CCCCCCCCCCC. The van der Waals surface area contributed by atoms with Crippen LogP contribution in [0.15, 0.2) is 60.8 Å². The maximum absolute atomic E-state index is 12.8. The van der Waals surface area contributed by atoms with Gasteiger partial charge in [0, 0.05) is 19.3 Å². The van der Waals surface area contributed by atoms with E-state index in [1.54, 1.807) is 0 Å². The normalized spacial score (nSPS) is 13.3. The van der Waals surface area contributed by atoms with Crippen LogP contribution in [0.4, 0.5) is 0 Å². The van der Waals surface area contributed by atoms with Gasteiger partial charge >= 0.3 is 17.9 Å². The van der Waals surface area contributed by atoms with Gasteiger partial charge in [-0.3, -0.25) is 9.59 Å². The molecule has 0 rings (SSSR count). The Hall–Kier alpha value is -2.97. The fourth-order valence-electron chi connectivity index (χ4n) is 7.36. The molecule has 63 heavy (non-hydrogen) atoms. The molecule has 0 aromatic carbocycles. The number of likely N-dealkylation sites (N-methyl/N-ethyl adjacent to an activating group) is 1. The number of rotatable bonds is 46. The van der Waals surface area contributed by atoms with Crippen molar-refractivity contribution in [3.8, 4) is 0 Å². The highest BCUT2D eigenvalue weighted by molar-refractivity contribution is 5.72. The second-order valence-corrected chi connectivity index (χ2v) is 18.4. The van der Waals surface area contributed by atoms with Crippen molar-refractivity contribution in [3.63, 3.8) is 0 Å². The third-order valence-electron chi connectivity index (χ3n) is 11.4. The first-order chi connectivity index (χ1) is 30.6. The predicted octanol–water partition coefficient (Wildman–Crippen LogP) is 14.9. The number of ether oxygens (including phenoxy) is 3. The quantitative estimate of drug-likeness (QED) is 0.0281. The highest BCUT2D eigenvalue weighted by Gasteiger charge is 2.31. The van der Waals surface area contributed by atoms with E-state index < -0.39 is 18.1 Å². The molecule has 0 aliphatic carbocycles. The molecule has 1 N–H and O–H groups in total. The number of hydrogen-bond acceptors (Lipinski definition) is 6. The van der Waals surface area contributed by atoms with Crippen molar-refractivity contribution in [1.29, 1.82) is 0 Å². The van der Waals surface area contributed by atoms with Crippen molar-refractivity contribution < 1.29 is 38.2 Å². The minimum Gasteiger partial charge on any atom is -0.477 e. The van der Waals surface area contributed by atoms with Crippen molar-refractivity contribution in [2.24, 2.45) is 0 Å². The number of esters is 2. The predicted molar refractivity (Wildman–Crippen MR) is 266 cm³/mol. The average molecular weight is 885 g/mol. The second kappa shape index (κ2) is 45.6. The van der Waals surface area contributed by atoms with Gasteiger partial charge in [0.05, 0.1) is 34.4 Å². The van der Waals surface area contributed by atoms with E-state index in [0.717, 1.165) is 89.9 Å². The second-order valence-electron chi connectivity index (χ2n) is 18.4. The van der Waals surface area contributed by atoms with E-state index in [2.05, 4.69) is 74.6 Å². The number of carboxylic acid groups (broad SMARTS) is 1. The molecule has 0 aromatic heterocycles. The van der Waals surface area contributed by atoms with Gasteiger partial charge in [-0.05, 0) is 83.5 Å². The Labute approximate surface area is 388 Å². The molecule has 364 valence electrons. The van der Waals surface area contributed by atoms with E-state index in [9.17, 15) is 19.5 Å². The summed E-state index contributed by atoms with van der Waals surface area (Å²) in [6.07, 6.45) is 56.9. The van der Waals surface area contributed by atoms with Gasteiger partial charge in [-0.25, -0.2) is 4.79 Å². The van der Waals surface area contributed by atoms with Gasteiger partial charge in [0.25, 0.3) is 0 Å². The Morgan fingerprint density at radius 2 is 0.841 bits per heavy atom. The first-order valence-corrected chi connectivity index (χ1v) is 25.8. The van der Waals surface area contributed by atoms with Crippen LogP contribution >= 0.6 is 0 Å². The molecule has 8 heteroatoms. The third kappa shape index (κ3) is 44.0. The van der Waals surface area contributed by atoms with Crippen LogP contribution < -0.4 is 0 Å². The van der Waals surface area contributed by atoms with Crippen LogP contribution in [0.25, 0.3) is 0 Å². The molecule has 0 amide bonds. The van der Waals surface area contributed by atoms with Crippen LogP contribution in [0.1, 0.15) is 219 Å². The number of quaternary nitrogens is 1. The van der Waals surface area contributed by atoms with Crippen LogP contribution in [-0.2, 0) is 28.6 Å². The molecule has 0 bridgehead atoms. The first kappa shape index (κ1) is 60.0. The summed E-state index contributed by atoms with van der Waals surface area (Å²) in [5, 5.41) is 9.65. The van der Waals surface area contributed by atoms with E-state index >= 15 is 0 Å². The number of allylic oxidation sites excluding steroid dienone is 10. The fraction of sp³-hybridized carbons (Fsp3) is 0.764. The molecular weight excluding hydrogens is 787 g/mol. The van der Waals surface area contributed by atoms with Crippen LogP contribution in [0, 0.1) is 0 Å². The van der Waals surface area contributed by atoms with E-state index in [4.69, 9.17) is 14.2 Å². The lowest BCUT2D eigenvalue weighted by Crippen LogP contribution is -2.50. The zero-order chi connectivity index (χ0) is 46.3. The molecule has 8 nitrogen and oxygen atoms in total. The Kier molecular flexibility index (Phi) is 43.4. The molecule has 0 heterocycles. The zero-order valence-corrected chi connectivity index (χ0v) is 41.5. The van der Waals surface area contributed by atoms with Crippen molar-refractivity contribution in [1.82, 2.24) is 0 Å². The summed E-state index contributed by atoms with van der Waals surface area (Å²) in [6.45, 7) is 4.69. The van der Waals surface area contributed by atoms with Gasteiger partial charge in [0.1, 0.15) is 6.61 Å². The number of carboxylic acids is 1. The third-order valence-corrected chi connectivity index (χ3v) is 11.4. The van der Waals surface area contributed by atoms with Gasteiger partial charge in [-0.1, -0.05) is 177 Å². The Bertz CT molecular complexity index is 1210. The largest absolute Gasteiger partial charge is 0.477 e. The van der Waals surface area contributed by atoms with E-state index in [1.165, 1.54) is 96.3 Å². The fourth-order valence-corrected chi connectivity index (χ4v) is 7.36. The number of aliphatic carboxylic acids is 1. The van der Waals surface area contributed by atoms with Crippen LogP contribution in [0.3, 0.4) is 0 Å². The van der Waals surface area contributed by atoms with E-state index in [-0.39, 0.29) is 36.2 Å². The lowest BCUT2D eigenvalue weighted by Gasteiger charge is -2.31. The summed E-state index contributed by atoms with van der Waals surface area (Å²) in [5.74, 6) is -1.50. The topological polar surface area (TPSA) is 99.1 Å². The molecule has 0 saturated heterocycles. The monoisotopic (exact) mass is 885 g/mol. The molecule has 0 saturated carbocycles. The van der Waals surface area contributed by atoms with E-state index in [0.29, 0.717) is 19.3 Å². The van der Waals surface area contributed by atoms with Gasteiger partial charge in [-0.2, -0.15) is 0 Å². The Balaban J connectivity index is 4.31. The minimum absolute atomic E-state index is 0.0502. The van der Waals surface area contributed by atoms with E-state index in [1.807, 2.05) is 21.1 Å². The van der Waals surface area contributed by atoms with Gasteiger partial charge in [0.15, 0.2) is 12.1 Å². The number of carbonyl (C=O) groups excluding carboxylic acids is 2. The molecule has 2 unspecified atom stereocenters. The molecule has 0 spiro atoms. The molecule has 2 atom stereocenters. The Morgan fingerprint density at radius 3 is 1.29 bits per heavy atom. The molecule has 0 aromatic rings. The summed E-state index contributed by atoms with van der Waals surface area (Å²) in [6, 6.07) is -0.622. The lowest BCUT2D eigenvalue weighted by atomic mass is 10.1. The first-order valence-electron chi connectivity index (χ1n) is 25.8. The van der Waals surface area contributed by atoms with Crippen LogP contribution in [-0.4, -0.2) is 80.6 Å². The average Bonchev–Trinajstić information content (AvgIpc) is 3.24. The summed E-state index contributed by atoms with van der Waals surface area (Å²) in [4.78, 5) is 37.2. The number of hydrogen-bond donors (Lipinski definition) is 1. The minimum atomic E-state index is -0.879. The molecule has 0 radical (unpaired) electrons. The summed E-state index contributed by atoms with van der Waals surface area (Å²) >= 11 is 0. The van der Waals surface area contributed by atoms with Crippen LogP contribution in [0.2, 0.25) is 0 Å². The van der Waals surface area contributed by atoms with Gasteiger partial charge < -0.3 is 23.8 Å². The lowest BCUT2D eigenvalue weighted by molar-refractivity contribution is -0.887. The maximum atomic E-state index is 12.8. The number of nitrogens with zero attached hydrogens (tertiary/aromatic N) is 1. The van der Waals surface area contributed by atoms with Crippen molar-refractivity contribution >= 4 is 17.9 Å². The summed E-state index contributed by atoms with van der Waals surface area (Å²) in [7, 11) is 5.52.